The van der Waals surface area contributed by atoms with E-state index in [9.17, 15) is 24.6 Å². The number of aryl methyl sites for hydroxylation is 3. The van der Waals surface area contributed by atoms with Crippen LogP contribution in [0.3, 0.4) is 0 Å². The standard InChI is InChI=1S/C18H17N7O2.2C18H24N6O2.C12H24N6OSi.C12H28N2OSi/c1-11-5-4-6-12(9-11)22-17-13(16(19)26)10-21-18(23-17)27-25-15-8-3-2-7-14(15)24-20;1-10-4-2-5-11(8-10)22-17-12(16(20)26)9-21-18(24-17)23-13-6-3-7-14(25)15(13)19;1-10-4-2-5-11(8-10)22-17-12(16(20)26)9-21-18(24-17)23-15-13(19)6-3-7-14(15)25;1-12(2,3)20(4,5)19-10-8-6-7-9(15-17-13)11(10)16-18-14;1-12(2,3)16(4,5)15-10-8-6-7-9(13)11(10)14/h2-10,20,25H,1H3,(H2,19,26)(H,21,22,23);2*2,4-5,8-9,13-15,25H,3,6-7,19H2,1H3,(H2,20,26)(H2,21,22,23,24);9-11H,6-8H2,1-5H3;9-11H,6-8,13-14H2,1-5H3/t;2*13-,14+,15-;2*9-,10+,11-/m.1011/s1. The Labute approximate surface area is 674 Å². The average Bonchev–Trinajstić information content (AvgIpc) is 0.817. The summed E-state index contributed by atoms with van der Waals surface area (Å²) in [5.74, 6) is -0.435. The number of hydrogen-bond acceptors (Lipinski definition) is 28. The second-order valence-corrected chi connectivity index (χ2v) is 41.8. The fourth-order valence-corrected chi connectivity index (χ4v) is 15.4. The molecule has 4 aliphatic carbocycles. The van der Waals surface area contributed by atoms with Crippen molar-refractivity contribution in [3.8, 4) is 6.01 Å². The van der Waals surface area contributed by atoms with E-state index in [1.54, 1.807) is 24.3 Å². The lowest BCUT2D eigenvalue weighted by molar-refractivity contribution is 0.0991. The maximum absolute atomic E-state index is 11.7. The summed E-state index contributed by atoms with van der Waals surface area (Å²) in [6, 6.07) is 28.2. The van der Waals surface area contributed by atoms with Crippen molar-refractivity contribution in [1.82, 2.24) is 29.9 Å². The number of aromatic nitrogens is 6. The van der Waals surface area contributed by atoms with Gasteiger partial charge in [0.05, 0.1) is 48.2 Å². The number of carbonyl (C=O) groups is 3. The summed E-state index contributed by atoms with van der Waals surface area (Å²) in [5, 5.41) is 47.0. The van der Waals surface area contributed by atoms with Crippen LogP contribution in [0.2, 0.25) is 36.3 Å². The first-order valence-electron chi connectivity index (χ1n) is 38.6. The van der Waals surface area contributed by atoms with Crippen molar-refractivity contribution in [3.63, 3.8) is 0 Å². The number of carbonyl (C=O) groups excluding carboxylic acids is 3. The predicted octanol–water partition coefficient (Wildman–Crippen LogP) is 13.4. The SMILES string of the molecule is CC(C)(C)[Si](C)(C)O[C@H]1CCC[C@@H](N)[C@H]1N.CC(C)(C)[Si](C)(C)O[C@H]1CCC[C@@H](N=[N+]=[N-])[C@H]1N=[N+]=[N-].Cc1cccc(Nc2nc(N[C@@H]3CCC[C@H](O)[C@@H]3N)ncc2C(N)=O)c1.Cc1cccc(Nc2nc(N[C@@H]3[C@H](O)CCC[C@@H]3N)ncc2C(N)=O)c1.Cc1cccc(Nc2nc(ONc3ccccc3N=N)ncc2C(N)=O)c1. The molecule has 12 atom stereocenters. The van der Waals surface area contributed by atoms with E-state index in [1.165, 1.54) is 18.6 Å². The molecule has 3 heterocycles. The maximum Gasteiger partial charge on any atom is 0.344 e. The minimum Gasteiger partial charge on any atom is -0.414 e. The first-order chi connectivity index (χ1) is 54.3. The van der Waals surface area contributed by atoms with E-state index in [2.05, 4.69) is 155 Å². The number of aliphatic hydroxyl groups is 2. The van der Waals surface area contributed by atoms with Crippen LogP contribution in [-0.4, -0.2) is 147 Å². The lowest BCUT2D eigenvalue weighted by Gasteiger charge is -2.43. The van der Waals surface area contributed by atoms with E-state index in [0.29, 0.717) is 41.8 Å². The Morgan fingerprint density at radius 2 is 0.983 bits per heavy atom. The Morgan fingerprint density at radius 3 is 1.47 bits per heavy atom. The number of aliphatic hydroxyl groups excluding tert-OH is 2. The lowest BCUT2D eigenvalue weighted by atomic mass is 9.88. The van der Waals surface area contributed by atoms with Crippen LogP contribution >= 0.6 is 0 Å². The van der Waals surface area contributed by atoms with Gasteiger partial charge in [0.25, 0.3) is 17.7 Å². The molecular formula is C78H117N27O8Si2. The van der Waals surface area contributed by atoms with Crippen molar-refractivity contribution >= 4 is 92.1 Å². The lowest BCUT2D eigenvalue weighted by Crippen LogP contribution is -2.57. The third kappa shape index (κ3) is 27.0. The molecule has 0 radical (unpaired) electrons. The number of anilines is 9. The molecule has 4 fully saturated rings. The highest BCUT2D eigenvalue weighted by molar-refractivity contribution is 6.74. The molecule has 3 aromatic heterocycles. The van der Waals surface area contributed by atoms with E-state index < -0.39 is 58.6 Å². The van der Waals surface area contributed by atoms with Gasteiger partial charge in [-0.15, -0.1) is 0 Å². The molecule has 620 valence electrons. The van der Waals surface area contributed by atoms with Crippen LogP contribution in [0.4, 0.5) is 57.8 Å². The molecule has 4 aromatic carbocycles. The van der Waals surface area contributed by atoms with Gasteiger partial charge in [-0.2, -0.15) is 20.1 Å². The molecule has 7 aromatic rings. The first-order valence-corrected chi connectivity index (χ1v) is 44.4. The molecule has 0 aliphatic heterocycles. The molecule has 115 heavy (non-hydrogen) atoms. The number of amides is 3. The summed E-state index contributed by atoms with van der Waals surface area (Å²) in [5.41, 5.74) is 74.7. The zero-order valence-electron chi connectivity index (χ0n) is 68.1. The van der Waals surface area contributed by atoms with Crippen LogP contribution in [0.5, 0.6) is 6.01 Å². The van der Waals surface area contributed by atoms with Crippen molar-refractivity contribution in [1.29, 1.82) is 5.53 Å². The van der Waals surface area contributed by atoms with E-state index in [1.807, 2.05) is 93.6 Å². The third-order valence-corrected chi connectivity index (χ3v) is 30.3. The number of nitrogens with two attached hydrogens (primary N) is 7. The number of nitrogens with zero attached hydrogens (tertiary/aromatic N) is 13. The normalized spacial score (nSPS) is 21.9. The number of para-hydroxylation sites is 2. The third-order valence-electron chi connectivity index (χ3n) is 21.3. The van der Waals surface area contributed by atoms with Gasteiger partial charge in [-0.05, 0) is 204 Å². The summed E-state index contributed by atoms with van der Waals surface area (Å²) in [7, 11) is -3.63. The maximum atomic E-state index is 11.7. The quantitative estimate of drug-likeness (QED) is 0.00930. The van der Waals surface area contributed by atoms with Crippen LogP contribution in [0.25, 0.3) is 20.9 Å². The Bertz CT molecular complexity index is 4490. The number of rotatable bonds is 23. The van der Waals surface area contributed by atoms with E-state index in [-0.39, 0.29) is 93.0 Å². The molecule has 35 nitrogen and oxygen atoms in total. The Hall–Kier alpha value is -10.5. The van der Waals surface area contributed by atoms with Crippen molar-refractivity contribution in [2.75, 3.05) is 32.1 Å². The minimum atomic E-state index is -1.93. The van der Waals surface area contributed by atoms with Gasteiger partial charge in [-0.1, -0.05) is 107 Å². The molecule has 4 aliphatic rings. The molecule has 11 rings (SSSR count). The van der Waals surface area contributed by atoms with E-state index in [0.717, 1.165) is 98.0 Å². The Balaban J connectivity index is 0.000000201. The van der Waals surface area contributed by atoms with Gasteiger partial charge in [-0.3, -0.25) is 14.4 Å². The fraction of sp³-hybridized carbons (Fsp3) is 0.500. The monoisotopic (exact) mass is 1620 g/mol. The summed E-state index contributed by atoms with van der Waals surface area (Å²) < 4.78 is 12.7. The highest BCUT2D eigenvalue weighted by atomic mass is 28.4. The van der Waals surface area contributed by atoms with E-state index in [4.69, 9.17) is 70.4 Å². The van der Waals surface area contributed by atoms with Crippen LogP contribution in [-0.2, 0) is 8.85 Å². The van der Waals surface area contributed by atoms with Gasteiger partial charge in [-0.25, -0.2) is 26.0 Å². The topological polar surface area (TPSA) is 585 Å². The van der Waals surface area contributed by atoms with E-state index >= 15 is 0 Å². The smallest absolute Gasteiger partial charge is 0.344 e. The van der Waals surface area contributed by atoms with Gasteiger partial charge in [0, 0.05) is 75.7 Å². The van der Waals surface area contributed by atoms with Crippen molar-refractivity contribution in [2.24, 2.45) is 55.5 Å². The van der Waals surface area contributed by atoms with Gasteiger partial charge in [0.1, 0.15) is 34.0 Å². The number of hydrogen-bond donors (Lipinski definition) is 16. The molecule has 0 saturated heterocycles. The van der Waals surface area contributed by atoms with Crippen LogP contribution in [0.15, 0.2) is 131 Å². The first kappa shape index (κ1) is 91.6. The molecule has 0 unspecified atom stereocenters. The zero-order chi connectivity index (χ0) is 84.5. The summed E-state index contributed by atoms with van der Waals surface area (Å²) >= 11 is 0. The molecule has 4 saturated carbocycles. The fourth-order valence-electron chi connectivity index (χ4n) is 12.7. The predicted molar refractivity (Wildman–Crippen MR) is 455 cm³/mol. The summed E-state index contributed by atoms with van der Waals surface area (Å²) in [6.07, 6.45) is 13.5. The number of benzene rings is 4. The second-order valence-electron chi connectivity index (χ2n) is 32.3. The van der Waals surface area contributed by atoms with Gasteiger partial charge >= 0.3 is 6.01 Å². The molecular weight excluding hydrogens is 1500 g/mol. The van der Waals surface area contributed by atoms with Crippen LogP contribution in [0.1, 0.15) is 166 Å². The van der Waals surface area contributed by atoms with Gasteiger partial charge in [0.15, 0.2) is 22.5 Å². The summed E-state index contributed by atoms with van der Waals surface area (Å²) in [4.78, 5) is 71.5. The molecule has 3 amide bonds. The van der Waals surface area contributed by atoms with Crippen LogP contribution < -0.4 is 77.0 Å². The van der Waals surface area contributed by atoms with Crippen molar-refractivity contribution in [2.45, 2.75) is 248 Å². The van der Waals surface area contributed by atoms with Crippen molar-refractivity contribution in [3.05, 3.63) is 170 Å². The van der Waals surface area contributed by atoms with Crippen LogP contribution in [0, 0.1) is 26.3 Å². The highest BCUT2D eigenvalue weighted by Gasteiger charge is 2.44. The number of azide groups is 2. The minimum absolute atomic E-state index is 0.0166. The molecule has 37 heteroatoms. The zero-order valence-corrected chi connectivity index (χ0v) is 70.1. The van der Waals surface area contributed by atoms with Gasteiger partial charge < -0.3 is 90.6 Å². The summed E-state index contributed by atoms with van der Waals surface area (Å²) in [6.45, 7) is 28.1. The molecule has 0 bridgehead atoms. The second kappa shape index (κ2) is 42.2. The molecule has 0 spiro atoms. The largest absolute Gasteiger partial charge is 0.414 e. The van der Waals surface area contributed by atoms with Crippen molar-refractivity contribution < 1.29 is 38.3 Å². The molecule has 23 N–H and O–H groups in total. The highest BCUT2D eigenvalue weighted by Crippen LogP contribution is 2.42. The Kier molecular flexibility index (Phi) is 33.6. The number of primary amides is 3. The number of nitrogens with one attached hydrogen (secondary N) is 7. The van der Waals surface area contributed by atoms with Gasteiger partial charge in [0.2, 0.25) is 11.9 Å². The Morgan fingerprint density at radius 1 is 0.539 bits per heavy atom. The average molecular weight is 1620 g/mol.